The number of aromatic nitrogens is 1. The molecule has 0 saturated carbocycles. The molecule has 0 aliphatic carbocycles. The van der Waals surface area contributed by atoms with Gasteiger partial charge in [0.15, 0.2) is 0 Å². The molecule has 1 aromatic heterocycles. The second-order valence-corrected chi connectivity index (χ2v) is 6.49. The van der Waals surface area contributed by atoms with Gasteiger partial charge in [0.2, 0.25) is 0 Å². The zero-order valence-electron chi connectivity index (χ0n) is 15.6. The Morgan fingerprint density at radius 1 is 1.04 bits per heavy atom. The normalized spacial score (nSPS) is 10.8. The van der Waals surface area contributed by atoms with Gasteiger partial charge < -0.3 is 15.2 Å². The van der Waals surface area contributed by atoms with E-state index in [1.165, 1.54) is 0 Å². The predicted octanol–water partition coefficient (Wildman–Crippen LogP) is 3.37. The van der Waals surface area contributed by atoms with Crippen molar-refractivity contribution in [3.8, 4) is 0 Å². The molecule has 0 aliphatic heterocycles. The summed E-state index contributed by atoms with van der Waals surface area (Å²) in [6.07, 6.45) is 0. The molecular formula is C20H27N3O2. The van der Waals surface area contributed by atoms with Crippen LogP contribution in [-0.4, -0.2) is 22.9 Å². The first-order valence-electron chi connectivity index (χ1n) is 8.68. The summed E-state index contributed by atoms with van der Waals surface area (Å²) in [6, 6.07) is 9.53. The molecule has 0 aliphatic rings. The van der Waals surface area contributed by atoms with Gasteiger partial charge in [-0.25, -0.2) is 0 Å². The number of hydrogen-bond acceptors (Lipinski definition) is 2. The summed E-state index contributed by atoms with van der Waals surface area (Å²) in [6.45, 7) is 11.1. The SMILES string of the molecule is CCNC(=O)c1ccc(CNC(=O)c2cc(C)n(C(C)C)c2C)cc1. The first kappa shape index (κ1) is 18.8. The van der Waals surface area contributed by atoms with Crippen molar-refractivity contribution in [1.82, 2.24) is 15.2 Å². The van der Waals surface area contributed by atoms with Gasteiger partial charge in [-0.05, 0) is 58.4 Å². The Morgan fingerprint density at radius 2 is 1.68 bits per heavy atom. The molecule has 0 spiro atoms. The van der Waals surface area contributed by atoms with E-state index in [-0.39, 0.29) is 11.8 Å². The lowest BCUT2D eigenvalue weighted by atomic mass is 10.1. The van der Waals surface area contributed by atoms with E-state index in [9.17, 15) is 9.59 Å². The summed E-state index contributed by atoms with van der Waals surface area (Å²) in [7, 11) is 0. The molecule has 2 rings (SSSR count). The smallest absolute Gasteiger partial charge is 0.253 e. The van der Waals surface area contributed by atoms with Crippen LogP contribution >= 0.6 is 0 Å². The maximum Gasteiger partial charge on any atom is 0.253 e. The number of carbonyl (C=O) groups is 2. The molecule has 5 heteroatoms. The van der Waals surface area contributed by atoms with E-state index in [0.717, 1.165) is 17.0 Å². The van der Waals surface area contributed by atoms with Crippen LogP contribution in [0, 0.1) is 13.8 Å². The first-order chi connectivity index (χ1) is 11.8. The fourth-order valence-corrected chi connectivity index (χ4v) is 3.12. The van der Waals surface area contributed by atoms with Gasteiger partial charge in [0.05, 0.1) is 5.56 Å². The average molecular weight is 341 g/mol. The Balaban J connectivity index is 2.03. The second kappa shape index (κ2) is 8.01. The number of hydrogen-bond donors (Lipinski definition) is 2. The van der Waals surface area contributed by atoms with Gasteiger partial charge in [-0.1, -0.05) is 12.1 Å². The average Bonchev–Trinajstić information content (AvgIpc) is 2.88. The lowest BCUT2D eigenvalue weighted by Crippen LogP contribution is -2.24. The van der Waals surface area contributed by atoms with E-state index >= 15 is 0 Å². The van der Waals surface area contributed by atoms with Crippen molar-refractivity contribution in [2.45, 2.75) is 47.2 Å². The van der Waals surface area contributed by atoms with Crippen LogP contribution in [0.5, 0.6) is 0 Å². The number of nitrogens with one attached hydrogen (secondary N) is 2. The Hall–Kier alpha value is -2.56. The van der Waals surface area contributed by atoms with E-state index < -0.39 is 0 Å². The molecule has 2 aromatic rings. The van der Waals surface area contributed by atoms with Crippen molar-refractivity contribution >= 4 is 11.8 Å². The van der Waals surface area contributed by atoms with Crippen molar-refractivity contribution in [2.24, 2.45) is 0 Å². The summed E-state index contributed by atoms with van der Waals surface area (Å²) >= 11 is 0. The lowest BCUT2D eigenvalue weighted by molar-refractivity contribution is 0.0943. The quantitative estimate of drug-likeness (QED) is 0.846. The highest BCUT2D eigenvalue weighted by Crippen LogP contribution is 2.20. The number of aryl methyl sites for hydroxylation is 1. The molecule has 25 heavy (non-hydrogen) atoms. The lowest BCUT2D eigenvalue weighted by Gasteiger charge is -2.13. The molecule has 1 heterocycles. The fraction of sp³-hybridized carbons (Fsp3) is 0.400. The van der Waals surface area contributed by atoms with Crippen LogP contribution in [0.1, 0.15) is 64.5 Å². The molecule has 134 valence electrons. The maximum atomic E-state index is 12.5. The number of benzene rings is 1. The Morgan fingerprint density at radius 3 is 2.20 bits per heavy atom. The Labute approximate surface area is 149 Å². The first-order valence-corrected chi connectivity index (χ1v) is 8.68. The number of nitrogens with zero attached hydrogens (tertiary/aromatic N) is 1. The fourth-order valence-electron chi connectivity index (χ4n) is 3.12. The van der Waals surface area contributed by atoms with E-state index in [1.54, 1.807) is 12.1 Å². The molecular weight excluding hydrogens is 314 g/mol. The van der Waals surface area contributed by atoms with E-state index in [0.29, 0.717) is 30.3 Å². The molecule has 0 fully saturated rings. The summed E-state index contributed by atoms with van der Waals surface area (Å²) in [5.41, 5.74) is 4.36. The predicted molar refractivity (Wildman–Crippen MR) is 99.9 cm³/mol. The van der Waals surface area contributed by atoms with Crippen molar-refractivity contribution in [3.05, 3.63) is 58.4 Å². The summed E-state index contributed by atoms with van der Waals surface area (Å²) < 4.78 is 2.16. The molecule has 0 unspecified atom stereocenters. The molecule has 0 atom stereocenters. The summed E-state index contributed by atoms with van der Waals surface area (Å²) in [5, 5.41) is 5.72. The number of amides is 2. The minimum atomic E-state index is -0.0841. The third-order valence-corrected chi connectivity index (χ3v) is 4.25. The van der Waals surface area contributed by atoms with Crippen LogP contribution in [0.3, 0.4) is 0 Å². The Bertz CT molecular complexity index is 758. The second-order valence-electron chi connectivity index (χ2n) is 6.49. The third-order valence-electron chi connectivity index (χ3n) is 4.25. The van der Waals surface area contributed by atoms with Gasteiger partial charge in [0.1, 0.15) is 0 Å². The molecule has 1 aromatic carbocycles. The largest absolute Gasteiger partial charge is 0.352 e. The van der Waals surface area contributed by atoms with Crippen molar-refractivity contribution in [2.75, 3.05) is 6.54 Å². The van der Waals surface area contributed by atoms with Gasteiger partial charge >= 0.3 is 0 Å². The molecule has 0 saturated heterocycles. The van der Waals surface area contributed by atoms with Gasteiger partial charge in [-0.2, -0.15) is 0 Å². The van der Waals surface area contributed by atoms with Gasteiger partial charge in [-0.3, -0.25) is 9.59 Å². The summed E-state index contributed by atoms with van der Waals surface area (Å²) in [5.74, 6) is -0.160. The monoisotopic (exact) mass is 341 g/mol. The third kappa shape index (κ3) is 4.29. The zero-order valence-corrected chi connectivity index (χ0v) is 15.6. The van der Waals surface area contributed by atoms with Crippen LogP contribution in [0.15, 0.2) is 30.3 Å². The van der Waals surface area contributed by atoms with Crippen LogP contribution in [0.25, 0.3) is 0 Å². The minimum absolute atomic E-state index is 0.0761. The molecule has 0 bridgehead atoms. The minimum Gasteiger partial charge on any atom is -0.352 e. The highest BCUT2D eigenvalue weighted by Gasteiger charge is 2.16. The van der Waals surface area contributed by atoms with Crippen molar-refractivity contribution in [1.29, 1.82) is 0 Å². The standard InChI is InChI=1S/C20H27N3O2/c1-6-21-19(24)17-9-7-16(8-10-17)12-22-20(25)18-11-14(4)23(13(2)3)15(18)5/h7-11,13H,6,12H2,1-5H3,(H,21,24)(H,22,25). The van der Waals surface area contributed by atoms with Crippen LogP contribution in [0.4, 0.5) is 0 Å². The number of rotatable bonds is 6. The van der Waals surface area contributed by atoms with E-state index in [4.69, 9.17) is 0 Å². The topological polar surface area (TPSA) is 63.1 Å². The summed E-state index contributed by atoms with van der Waals surface area (Å²) in [4.78, 5) is 24.2. The highest BCUT2D eigenvalue weighted by atomic mass is 16.2. The van der Waals surface area contributed by atoms with Crippen molar-refractivity contribution < 1.29 is 9.59 Å². The Kier molecular flexibility index (Phi) is 6.02. The maximum absolute atomic E-state index is 12.5. The van der Waals surface area contributed by atoms with Gasteiger partial charge in [-0.15, -0.1) is 0 Å². The molecule has 5 nitrogen and oxygen atoms in total. The number of carbonyl (C=O) groups excluding carboxylic acids is 2. The zero-order chi connectivity index (χ0) is 18.6. The van der Waals surface area contributed by atoms with E-state index in [2.05, 4.69) is 29.0 Å². The van der Waals surface area contributed by atoms with Crippen LogP contribution < -0.4 is 10.6 Å². The highest BCUT2D eigenvalue weighted by molar-refractivity contribution is 5.96. The van der Waals surface area contributed by atoms with Crippen LogP contribution in [0.2, 0.25) is 0 Å². The van der Waals surface area contributed by atoms with E-state index in [1.807, 2.05) is 39.0 Å². The van der Waals surface area contributed by atoms with Gasteiger partial charge in [0, 0.05) is 36.1 Å². The molecule has 2 N–H and O–H groups in total. The molecule has 0 radical (unpaired) electrons. The van der Waals surface area contributed by atoms with Crippen LogP contribution in [-0.2, 0) is 6.54 Å². The van der Waals surface area contributed by atoms with Crippen molar-refractivity contribution in [3.63, 3.8) is 0 Å². The van der Waals surface area contributed by atoms with Gasteiger partial charge in [0.25, 0.3) is 11.8 Å². The molecule has 2 amide bonds.